The van der Waals surface area contributed by atoms with Crippen molar-refractivity contribution in [3.05, 3.63) is 66.2 Å². The number of piperidine rings is 1. The van der Waals surface area contributed by atoms with Crippen molar-refractivity contribution in [3.8, 4) is 11.1 Å². The van der Waals surface area contributed by atoms with E-state index in [0.717, 1.165) is 86.7 Å². The monoisotopic (exact) mass is 552 g/mol. The summed E-state index contributed by atoms with van der Waals surface area (Å²) in [5.41, 5.74) is 4.37. The van der Waals surface area contributed by atoms with Gasteiger partial charge < -0.3 is 20.3 Å². The molecule has 0 aliphatic carbocycles. The average molecular weight is 553 g/mol. The third-order valence-corrected chi connectivity index (χ3v) is 8.86. The first kappa shape index (κ1) is 26.1. The maximum atomic E-state index is 13.2. The van der Waals surface area contributed by atoms with Crippen LogP contribution < -0.4 is 15.5 Å². The molecule has 3 aliphatic heterocycles. The first-order valence-corrected chi connectivity index (χ1v) is 14.5. The molecule has 0 bridgehead atoms. The number of anilines is 2. The van der Waals surface area contributed by atoms with Gasteiger partial charge in [0.25, 0.3) is 5.91 Å². The number of hydrogen-bond acceptors (Lipinski definition) is 8. The Balaban J connectivity index is 1.07. The van der Waals surface area contributed by atoms with Crippen LogP contribution in [0.15, 0.2) is 55.0 Å². The number of rotatable bonds is 6. The van der Waals surface area contributed by atoms with Crippen molar-refractivity contribution in [2.75, 3.05) is 62.7 Å². The van der Waals surface area contributed by atoms with Gasteiger partial charge in [0.1, 0.15) is 11.6 Å². The fraction of sp³-hybridized carbons (Fsp3) is 0.419. The zero-order chi connectivity index (χ0) is 27.8. The fourth-order valence-electron chi connectivity index (χ4n) is 6.36. The molecule has 3 fully saturated rings. The summed E-state index contributed by atoms with van der Waals surface area (Å²) in [4.78, 5) is 27.0. The third kappa shape index (κ3) is 5.30. The Hall–Kier alpha value is -3.86. The summed E-state index contributed by atoms with van der Waals surface area (Å²) >= 11 is 0. The average Bonchev–Trinajstić information content (AvgIpc) is 3.36. The molecule has 0 unspecified atom stereocenters. The maximum absolute atomic E-state index is 13.2. The van der Waals surface area contributed by atoms with E-state index in [-0.39, 0.29) is 5.91 Å². The highest BCUT2D eigenvalue weighted by Crippen LogP contribution is 2.40. The minimum absolute atomic E-state index is 0.186. The predicted octanol–water partition coefficient (Wildman–Crippen LogP) is 3.30. The number of carbonyl (C=O) groups is 1. The highest BCUT2D eigenvalue weighted by Gasteiger charge is 2.43. The predicted molar refractivity (Wildman–Crippen MR) is 159 cm³/mol. The van der Waals surface area contributed by atoms with Gasteiger partial charge >= 0.3 is 0 Å². The smallest absolute Gasteiger partial charge is 0.257 e. The SMILES string of the molecule is Cn1ncc(-c2ccc3cnc(NC(=O)c4ccnc(N5CC6(CCNCC6)C5)c4)cc3c2)c1CN1CCOCC1. The summed E-state index contributed by atoms with van der Waals surface area (Å²) in [6.07, 6.45) is 7.88. The van der Waals surface area contributed by atoms with E-state index >= 15 is 0 Å². The molecule has 2 N–H and O–H groups in total. The van der Waals surface area contributed by atoms with Crippen LogP contribution in [-0.2, 0) is 18.3 Å². The molecule has 7 rings (SSSR count). The van der Waals surface area contributed by atoms with Crippen molar-refractivity contribution in [2.24, 2.45) is 12.5 Å². The number of hydrogen-bond donors (Lipinski definition) is 2. The number of nitrogens with zero attached hydrogens (tertiary/aromatic N) is 6. The molecule has 6 heterocycles. The first-order chi connectivity index (χ1) is 20.1. The van der Waals surface area contributed by atoms with E-state index in [1.165, 1.54) is 18.5 Å². The van der Waals surface area contributed by atoms with Gasteiger partial charge in [0.05, 0.1) is 25.1 Å². The van der Waals surface area contributed by atoms with E-state index in [4.69, 9.17) is 4.74 Å². The molecule has 3 aromatic heterocycles. The second-order valence-corrected chi connectivity index (χ2v) is 11.6. The van der Waals surface area contributed by atoms with Crippen molar-refractivity contribution in [1.82, 2.24) is 30.0 Å². The van der Waals surface area contributed by atoms with Crippen molar-refractivity contribution >= 4 is 28.3 Å². The lowest BCUT2D eigenvalue weighted by atomic mass is 9.72. The van der Waals surface area contributed by atoms with E-state index in [0.29, 0.717) is 16.8 Å². The Bertz CT molecular complexity index is 1560. The lowest BCUT2D eigenvalue weighted by molar-refractivity contribution is 0.0332. The minimum atomic E-state index is -0.186. The molecule has 3 saturated heterocycles. The second kappa shape index (κ2) is 10.8. The number of amides is 1. The van der Waals surface area contributed by atoms with Crippen molar-refractivity contribution in [3.63, 3.8) is 0 Å². The molecule has 10 nitrogen and oxygen atoms in total. The summed E-state index contributed by atoms with van der Waals surface area (Å²) in [6.45, 7) is 8.39. The summed E-state index contributed by atoms with van der Waals surface area (Å²) in [5.74, 6) is 1.20. The van der Waals surface area contributed by atoms with Gasteiger partial charge in [0.15, 0.2) is 0 Å². The Morgan fingerprint density at radius 2 is 1.85 bits per heavy atom. The van der Waals surface area contributed by atoms with Crippen LogP contribution >= 0.6 is 0 Å². The van der Waals surface area contributed by atoms with E-state index in [1.807, 2.05) is 36.3 Å². The largest absolute Gasteiger partial charge is 0.379 e. The maximum Gasteiger partial charge on any atom is 0.257 e. The zero-order valence-corrected chi connectivity index (χ0v) is 23.5. The van der Waals surface area contributed by atoms with Crippen molar-refractivity contribution < 1.29 is 9.53 Å². The zero-order valence-electron chi connectivity index (χ0n) is 23.5. The summed E-state index contributed by atoms with van der Waals surface area (Å²) < 4.78 is 7.48. The van der Waals surface area contributed by atoms with Gasteiger partial charge in [0.2, 0.25) is 0 Å². The topological polar surface area (TPSA) is 100 Å². The number of nitrogens with one attached hydrogen (secondary N) is 2. The number of aromatic nitrogens is 4. The van der Waals surface area contributed by atoms with Crippen LogP contribution in [0.3, 0.4) is 0 Å². The normalized spacial score (nSPS) is 18.9. The number of carbonyl (C=O) groups excluding carboxylic acids is 1. The highest BCUT2D eigenvalue weighted by atomic mass is 16.5. The quantitative estimate of drug-likeness (QED) is 0.376. The molecule has 212 valence electrons. The van der Waals surface area contributed by atoms with E-state index < -0.39 is 0 Å². The molecule has 1 spiro atoms. The van der Waals surface area contributed by atoms with Crippen LogP contribution in [0.2, 0.25) is 0 Å². The lowest BCUT2D eigenvalue weighted by Crippen LogP contribution is -2.60. The lowest BCUT2D eigenvalue weighted by Gasteiger charge is -2.53. The van der Waals surface area contributed by atoms with Gasteiger partial charge in [-0.1, -0.05) is 12.1 Å². The van der Waals surface area contributed by atoms with Crippen molar-refractivity contribution in [1.29, 1.82) is 0 Å². The van der Waals surface area contributed by atoms with Crippen LogP contribution in [0.4, 0.5) is 11.6 Å². The van der Waals surface area contributed by atoms with Gasteiger partial charge in [-0.05, 0) is 61.1 Å². The number of morpholine rings is 1. The number of aryl methyl sites for hydroxylation is 1. The molecule has 41 heavy (non-hydrogen) atoms. The first-order valence-electron chi connectivity index (χ1n) is 14.5. The van der Waals surface area contributed by atoms with E-state index in [2.05, 4.69) is 53.7 Å². The Labute approximate surface area is 239 Å². The molecule has 1 amide bonds. The molecular weight excluding hydrogens is 516 g/mol. The molecule has 1 aromatic carbocycles. The number of ether oxygens (including phenoxy) is 1. The number of fused-ring (bicyclic) bond motifs is 1. The number of benzene rings is 1. The second-order valence-electron chi connectivity index (χ2n) is 11.6. The molecule has 0 radical (unpaired) electrons. The van der Waals surface area contributed by atoms with Crippen molar-refractivity contribution in [2.45, 2.75) is 19.4 Å². The third-order valence-electron chi connectivity index (χ3n) is 8.86. The van der Waals surface area contributed by atoms with Gasteiger partial charge in [-0.2, -0.15) is 5.10 Å². The molecule has 4 aromatic rings. The summed E-state index contributed by atoms with van der Waals surface area (Å²) in [5, 5.41) is 13.0. The Morgan fingerprint density at radius 3 is 2.68 bits per heavy atom. The molecule has 10 heteroatoms. The van der Waals surface area contributed by atoms with Gasteiger partial charge in [-0.3, -0.25) is 14.4 Å². The molecule has 3 aliphatic rings. The van der Waals surface area contributed by atoms with E-state index in [1.54, 1.807) is 12.3 Å². The standard InChI is InChI=1S/C31H36N8O2/c1-37-27(19-38-10-12-41-13-11-38)26(18-35-37)22-2-3-24-17-34-28(15-25(24)14-22)36-30(40)23-4-7-33-29(16-23)39-20-31(21-39)5-8-32-9-6-31/h2-4,7,14-18,32H,5-6,8-13,19-21H2,1H3,(H,34,36,40). The highest BCUT2D eigenvalue weighted by molar-refractivity contribution is 6.05. The summed E-state index contributed by atoms with van der Waals surface area (Å²) in [7, 11) is 2.00. The number of pyridine rings is 2. The fourth-order valence-corrected chi connectivity index (χ4v) is 6.36. The Morgan fingerprint density at radius 1 is 1.02 bits per heavy atom. The molecule has 0 atom stereocenters. The van der Waals surface area contributed by atoms with Gasteiger partial charge in [0, 0.05) is 74.1 Å². The Kier molecular flexibility index (Phi) is 6.90. The van der Waals surface area contributed by atoms with Crippen LogP contribution in [0.25, 0.3) is 21.9 Å². The van der Waals surface area contributed by atoms with E-state index in [9.17, 15) is 4.79 Å². The molecule has 0 saturated carbocycles. The van der Waals surface area contributed by atoms with Crippen LogP contribution in [0, 0.1) is 5.41 Å². The molecular formula is C31H36N8O2. The van der Waals surface area contributed by atoms with Crippen LogP contribution in [-0.4, -0.2) is 83.0 Å². The van der Waals surface area contributed by atoms with Gasteiger partial charge in [-0.15, -0.1) is 0 Å². The minimum Gasteiger partial charge on any atom is -0.379 e. The van der Waals surface area contributed by atoms with Gasteiger partial charge in [-0.25, -0.2) is 9.97 Å². The van der Waals surface area contributed by atoms with Crippen LogP contribution in [0.1, 0.15) is 28.9 Å². The van der Waals surface area contributed by atoms with Crippen LogP contribution in [0.5, 0.6) is 0 Å². The summed E-state index contributed by atoms with van der Waals surface area (Å²) in [6, 6.07) is 11.9.